The molecule has 0 aliphatic rings. The van der Waals surface area contributed by atoms with E-state index in [-0.39, 0.29) is 0 Å². The summed E-state index contributed by atoms with van der Waals surface area (Å²) in [5.74, 6) is 2.59. The molecule has 0 spiro atoms. The van der Waals surface area contributed by atoms with Gasteiger partial charge in [-0.25, -0.2) is 9.97 Å². The van der Waals surface area contributed by atoms with Gasteiger partial charge in [0.15, 0.2) is 5.82 Å². The molecule has 0 bridgehead atoms. The number of anilines is 1. The van der Waals surface area contributed by atoms with E-state index in [0.29, 0.717) is 13.2 Å². The Morgan fingerprint density at radius 3 is 2.78 bits per heavy atom. The Hall–Kier alpha value is -0.850. The van der Waals surface area contributed by atoms with Crippen molar-refractivity contribution >= 4 is 17.6 Å². The van der Waals surface area contributed by atoms with Gasteiger partial charge in [-0.15, -0.1) is 11.8 Å². The van der Waals surface area contributed by atoms with Gasteiger partial charge in [0.2, 0.25) is 0 Å². The summed E-state index contributed by atoms with van der Waals surface area (Å²) >= 11 is 1.74. The molecule has 0 unspecified atom stereocenters. The first kappa shape index (κ1) is 15.2. The maximum atomic E-state index is 5.35. The zero-order chi connectivity index (χ0) is 13.4. The van der Waals surface area contributed by atoms with E-state index in [9.17, 15) is 0 Å². The molecule has 1 aromatic rings. The summed E-state index contributed by atoms with van der Waals surface area (Å²) in [6, 6.07) is 1.97. The van der Waals surface area contributed by atoms with E-state index in [2.05, 4.69) is 34.3 Å². The molecule has 1 heterocycles. The van der Waals surface area contributed by atoms with Crippen LogP contribution in [0.2, 0.25) is 0 Å². The first-order valence-electron chi connectivity index (χ1n) is 6.06. The molecule has 6 heteroatoms. The predicted molar refractivity (Wildman–Crippen MR) is 76.2 cm³/mol. The Kier molecular flexibility index (Phi) is 7.00. The normalized spacial score (nSPS) is 10.9. The van der Waals surface area contributed by atoms with Crippen LogP contribution in [0.3, 0.4) is 0 Å². The minimum Gasteiger partial charge on any atom is -0.374 e. The average Bonchev–Trinajstić information content (AvgIpc) is 2.35. The number of hydrogen-bond acceptors (Lipinski definition) is 6. The van der Waals surface area contributed by atoms with E-state index in [4.69, 9.17) is 4.74 Å². The van der Waals surface area contributed by atoms with Gasteiger partial charge >= 0.3 is 0 Å². The van der Waals surface area contributed by atoms with E-state index in [0.717, 1.165) is 29.0 Å². The van der Waals surface area contributed by atoms with Crippen LogP contribution in [0.5, 0.6) is 0 Å². The SMILES string of the molecule is CCOCc1nc(NC)cc(SCCN(C)C)n1. The molecule has 18 heavy (non-hydrogen) atoms. The van der Waals surface area contributed by atoms with Crippen LogP contribution >= 0.6 is 11.8 Å². The van der Waals surface area contributed by atoms with Crippen LogP contribution in [0.4, 0.5) is 5.82 Å². The highest BCUT2D eigenvalue weighted by Gasteiger charge is 2.05. The van der Waals surface area contributed by atoms with Crippen LogP contribution in [-0.2, 0) is 11.3 Å². The van der Waals surface area contributed by atoms with Gasteiger partial charge in [-0.05, 0) is 21.0 Å². The maximum absolute atomic E-state index is 5.35. The van der Waals surface area contributed by atoms with Crippen molar-refractivity contribution in [1.29, 1.82) is 0 Å². The molecule has 0 amide bonds. The zero-order valence-electron chi connectivity index (χ0n) is 11.6. The fourth-order valence-electron chi connectivity index (χ4n) is 1.27. The van der Waals surface area contributed by atoms with Crippen LogP contribution < -0.4 is 5.32 Å². The topological polar surface area (TPSA) is 50.3 Å². The van der Waals surface area contributed by atoms with Crippen LogP contribution in [0.1, 0.15) is 12.7 Å². The molecule has 0 aliphatic carbocycles. The van der Waals surface area contributed by atoms with Crippen molar-refractivity contribution in [3.05, 3.63) is 11.9 Å². The van der Waals surface area contributed by atoms with Crippen molar-refractivity contribution in [3.8, 4) is 0 Å². The van der Waals surface area contributed by atoms with E-state index in [1.807, 2.05) is 20.0 Å². The molecule has 5 nitrogen and oxygen atoms in total. The quantitative estimate of drug-likeness (QED) is 0.573. The Bertz CT molecular complexity index is 360. The molecule has 1 rings (SSSR count). The van der Waals surface area contributed by atoms with Crippen molar-refractivity contribution in [2.24, 2.45) is 0 Å². The second-order valence-corrected chi connectivity index (χ2v) is 5.16. The molecule has 102 valence electrons. The number of ether oxygens (including phenoxy) is 1. The van der Waals surface area contributed by atoms with E-state index in [1.165, 1.54) is 0 Å². The Morgan fingerprint density at radius 2 is 2.17 bits per heavy atom. The monoisotopic (exact) mass is 270 g/mol. The standard InChI is InChI=1S/C12H22N4OS/c1-5-17-9-11-14-10(13-2)8-12(15-11)18-7-6-16(3)4/h8H,5-7,9H2,1-4H3,(H,13,14,15). The molecule has 0 atom stereocenters. The number of aromatic nitrogens is 2. The second-order valence-electron chi connectivity index (χ2n) is 4.05. The van der Waals surface area contributed by atoms with E-state index in [1.54, 1.807) is 11.8 Å². The van der Waals surface area contributed by atoms with Crippen molar-refractivity contribution in [3.63, 3.8) is 0 Å². The third kappa shape index (κ3) is 5.66. The van der Waals surface area contributed by atoms with E-state index >= 15 is 0 Å². The molecular formula is C12H22N4OS. The number of thioether (sulfide) groups is 1. The summed E-state index contributed by atoms with van der Waals surface area (Å²) in [5, 5.41) is 4.04. The molecule has 0 radical (unpaired) electrons. The van der Waals surface area contributed by atoms with Gasteiger partial charge in [0.1, 0.15) is 17.5 Å². The fourth-order valence-corrected chi connectivity index (χ4v) is 2.30. The lowest BCUT2D eigenvalue weighted by atomic mass is 10.5. The van der Waals surface area contributed by atoms with E-state index < -0.39 is 0 Å². The summed E-state index contributed by atoms with van der Waals surface area (Å²) < 4.78 is 5.35. The minimum atomic E-state index is 0.466. The van der Waals surface area contributed by atoms with Gasteiger partial charge in [0.05, 0.1) is 0 Å². The summed E-state index contributed by atoms with van der Waals surface area (Å²) in [6.07, 6.45) is 0. The minimum absolute atomic E-state index is 0.466. The largest absolute Gasteiger partial charge is 0.374 e. The predicted octanol–water partition coefficient (Wildman–Crippen LogP) is 1.71. The number of rotatable bonds is 8. The Balaban J connectivity index is 2.64. The summed E-state index contributed by atoms with van der Waals surface area (Å²) in [4.78, 5) is 11.0. The number of nitrogens with one attached hydrogen (secondary N) is 1. The average molecular weight is 270 g/mol. The fraction of sp³-hybridized carbons (Fsp3) is 0.667. The van der Waals surface area contributed by atoms with Gasteiger partial charge in [0, 0.05) is 32.0 Å². The highest BCUT2D eigenvalue weighted by molar-refractivity contribution is 7.99. The van der Waals surface area contributed by atoms with Gasteiger partial charge in [-0.1, -0.05) is 0 Å². The molecule has 0 aliphatic heterocycles. The van der Waals surface area contributed by atoms with Gasteiger partial charge in [0.25, 0.3) is 0 Å². The highest BCUT2D eigenvalue weighted by atomic mass is 32.2. The first-order chi connectivity index (χ1) is 8.65. The molecule has 0 aromatic carbocycles. The van der Waals surface area contributed by atoms with Crippen molar-refractivity contribution in [1.82, 2.24) is 14.9 Å². The third-order valence-corrected chi connectivity index (χ3v) is 3.12. The van der Waals surface area contributed by atoms with Gasteiger partial charge < -0.3 is 15.0 Å². The lowest BCUT2D eigenvalue weighted by molar-refractivity contribution is 0.128. The lowest BCUT2D eigenvalue weighted by Crippen LogP contribution is -2.15. The molecular weight excluding hydrogens is 248 g/mol. The van der Waals surface area contributed by atoms with Crippen molar-refractivity contribution in [2.45, 2.75) is 18.6 Å². The molecule has 1 aromatic heterocycles. The molecule has 0 saturated carbocycles. The smallest absolute Gasteiger partial charge is 0.157 e. The maximum Gasteiger partial charge on any atom is 0.157 e. The zero-order valence-corrected chi connectivity index (χ0v) is 12.4. The highest BCUT2D eigenvalue weighted by Crippen LogP contribution is 2.18. The third-order valence-electron chi connectivity index (χ3n) is 2.23. The van der Waals surface area contributed by atoms with Crippen LogP contribution in [0.25, 0.3) is 0 Å². The Labute approximate surface area is 113 Å². The van der Waals surface area contributed by atoms with Crippen molar-refractivity contribution in [2.75, 3.05) is 45.4 Å². The summed E-state index contributed by atoms with van der Waals surface area (Å²) in [6.45, 7) is 4.14. The molecule has 0 saturated heterocycles. The van der Waals surface area contributed by atoms with Crippen LogP contribution in [-0.4, -0.2) is 54.9 Å². The molecule has 1 N–H and O–H groups in total. The number of hydrogen-bond donors (Lipinski definition) is 1. The van der Waals surface area contributed by atoms with Gasteiger partial charge in [-0.3, -0.25) is 0 Å². The molecule has 0 fully saturated rings. The van der Waals surface area contributed by atoms with Crippen LogP contribution in [0, 0.1) is 0 Å². The summed E-state index contributed by atoms with van der Waals surface area (Å²) in [7, 11) is 6.00. The van der Waals surface area contributed by atoms with Gasteiger partial charge in [-0.2, -0.15) is 0 Å². The number of nitrogens with zero attached hydrogens (tertiary/aromatic N) is 3. The lowest BCUT2D eigenvalue weighted by Gasteiger charge is -2.10. The summed E-state index contributed by atoms with van der Waals surface area (Å²) in [5.41, 5.74) is 0. The Morgan fingerprint density at radius 1 is 1.39 bits per heavy atom. The van der Waals surface area contributed by atoms with Crippen molar-refractivity contribution < 1.29 is 4.74 Å². The first-order valence-corrected chi connectivity index (χ1v) is 7.05. The second kappa shape index (κ2) is 8.29. The van der Waals surface area contributed by atoms with Crippen LogP contribution in [0.15, 0.2) is 11.1 Å².